The fourth-order valence-corrected chi connectivity index (χ4v) is 2.37. The average molecular weight is 249 g/mol. The molecule has 5 nitrogen and oxygen atoms in total. The van der Waals surface area contributed by atoms with Crippen molar-refractivity contribution in [2.75, 3.05) is 25.1 Å². The number of carbonyl (C=O) groups excluding carboxylic acids is 1. The van der Waals surface area contributed by atoms with Crippen LogP contribution in [0.15, 0.2) is 18.3 Å². The predicted octanol–water partition coefficient (Wildman–Crippen LogP) is 1.05. The van der Waals surface area contributed by atoms with Crippen LogP contribution in [0.2, 0.25) is 0 Å². The number of carbonyl (C=O) groups is 1. The largest absolute Gasteiger partial charge is 0.464 e. The lowest BCUT2D eigenvalue weighted by Crippen LogP contribution is -2.54. The number of nitrogens with zero attached hydrogens (tertiary/aromatic N) is 2. The minimum absolute atomic E-state index is 0.355. The molecule has 0 bridgehead atoms. The lowest BCUT2D eigenvalue weighted by Gasteiger charge is -2.37. The second-order valence-corrected chi connectivity index (χ2v) is 4.76. The maximum atomic E-state index is 11.5. The van der Waals surface area contributed by atoms with E-state index in [1.807, 2.05) is 6.07 Å². The lowest BCUT2D eigenvalue weighted by atomic mass is 10.1. The van der Waals surface area contributed by atoms with Crippen LogP contribution in [0, 0.1) is 0 Å². The van der Waals surface area contributed by atoms with Gasteiger partial charge in [-0.1, -0.05) is 0 Å². The highest BCUT2D eigenvalue weighted by atomic mass is 16.5. The Hall–Kier alpha value is -1.62. The number of esters is 1. The molecule has 0 aromatic carbocycles. The summed E-state index contributed by atoms with van der Waals surface area (Å²) in [5.41, 5.74) is 1.37. The van der Waals surface area contributed by atoms with Crippen LogP contribution in [0.5, 0.6) is 0 Å². The van der Waals surface area contributed by atoms with Gasteiger partial charge in [0.25, 0.3) is 0 Å². The normalized spacial score (nSPS) is 23.8. The smallest absolute Gasteiger partial charge is 0.356 e. The van der Waals surface area contributed by atoms with Crippen LogP contribution in [0.25, 0.3) is 0 Å². The Morgan fingerprint density at radius 3 is 2.72 bits per heavy atom. The third kappa shape index (κ3) is 2.79. The predicted molar refractivity (Wildman–Crippen MR) is 69.8 cm³/mol. The minimum atomic E-state index is -0.395. The molecule has 1 fully saturated rings. The third-order valence-corrected chi connectivity index (χ3v) is 3.06. The molecule has 5 heteroatoms. The van der Waals surface area contributed by atoms with Gasteiger partial charge in [0.15, 0.2) is 0 Å². The molecule has 1 aliphatic rings. The van der Waals surface area contributed by atoms with E-state index in [0.29, 0.717) is 17.8 Å². The monoisotopic (exact) mass is 249 g/mol. The minimum Gasteiger partial charge on any atom is -0.464 e. The number of pyridine rings is 1. The molecule has 1 N–H and O–H groups in total. The molecule has 0 aliphatic carbocycles. The molecule has 1 aromatic heterocycles. The summed E-state index contributed by atoms with van der Waals surface area (Å²) >= 11 is 0. The van der Waals surface area contributed by atoms with E-state index in [2.05, 4.69) is 33.8 Å². The molecule has 98 valence electrons. The molecule has 18 heavy (non-hydrogen) atoms. The number of aromatic nitrogens is 1. The van der Waals surface area contributed by atoms with Crippen molar-refractivity contribution in [2.24, 2.45) is 0 Å². The van der Waals surface area contributed by atoms with Crippen molar-refractivity contribution < 1.29 is 9.53 Å². The van der Waals surface area contributed by atoms with Crippen molar-refractivity contribution in [1.29, 1.82) is 0 Å². The first-order valence-electron chi connectivity index (χ1n) is 6.15. The second-order valence-electron chi connectivity index (χ2n) is 4.76. The Bertz CT molecular complexity index is 426. The lowest BCUT2D eigenvalue weighted by molar-refractivity contribution is 0.0594. The standard InChI is InChI=1S/C13H19N3O2/c1-9-7-16(8-10(2)15-9)11-4-5-14-12(6-11)13(17)18-3/h4-6,9-10,15H,7-8H2,1-3H3. The molecule has 0 saturated carbocycles. The molecular weight excluding hydrogens is 230 g/mol. The van der Waals surface area contributed by atoms with Gasteiger partial charge in [-0.2, -0.15) is 0 Å². The first-order valence-corrected chi connectivity index (χ1v) is 6.15. The molecule has 0 spiro atoms. The van der Waals surface area contributed by atoms with E-state index in [0.717, 1.165) is 18.8 Å². The second kappa shape index (κ2) is 5.35. The zero-order valence-electron chi connectivity index (χ0n) is 11.0. The Kier molecular flexibility index (Phi) is 3.81. The Balaban J connectivity index is 2.20. The number of anilines is 1. The highest BCUT2D eigenvalue weighted by Gasteiger charge is 2.21. The van der Waals surface area contributed by atoms with E-state index < -0.39 is 5.97 Å². The number of methoxy groups -OCH3 is 1. The van der Waals surface area contributed by atoms with Gasteiger partial charge in [-0.25, -0.2) is 9.78 Å². The summed E-state index contributed by atoms with van der Waals surface area (Å²) < 4.78 is 4.69. The van der Waals surface area contributed by atoms with Gasteiger partial charge in [0, 0.05) is 37.1 Å². The summed E-state index contributed by atoms with van der Waals surface area (Å²) in [6.07, 6.45) is 1.65. The maximum absolute atomic E-state index is 11.5. The highest BCUT2D eigenvalue weighted by Crippen LogP contribution is 2.18. The zero-order valence-corrected chi connectivity index (χ0v) is 11.0. The van der Waals surface area contributed by atoms with E-state index in [4.69, 9.17) is 0 Å². The van der Waals surface area contributed by atoms with Crippen LogP contribution in [0.3, 0.4) is 0 Å². The van der Waals surface area contributed by atoms with Gasteiger partial charge in [0.05, 0.1) is 7.11 Å². The van der Waals surface area contributed by atoms with Gasteiger partial charge in [-0.3, -0.25) is 0 Å². The van der Waals surface area contributed by atoms with Crippen LogP contribution in [-0.2, 0) is 4.74 Å². The summed E-state index contributed by atoms with van der Waals surface area (Å²) in [6.45, 7) is 6.17. The van der Waals surface area contributed by atoms with Crippen molar-refractivity contribution >= 4 is 11.7 Å². The third-order valence-electron chi connectivity index (χ3n) is 3.06. The molecule has 0 amide bonds. The van der Waals surface area contributed by atoms with Crippen molar-refractivity contribution in [2.45, 2.75) is 25.9 Å². The average Bonchev–Trinajstić information content (AvgIpc) is 2.37. The van der Waals surface area contributed by atoms with Crippen molar-refractivity contribution in [3.05, 3.63) is 24.0 Å². The fraction of sp³-hybridized carbons (Fsp3) is 0.538. The molecule has 1 aromatic rings. The summed E-state index contributed by atoms with van der Waals surface area (Å²) in [7, 11) is 1.37. The summed E-state index contributed by atoms with van der Waals surface area (Å²) in [5, 5.41) is 3.48. The number of hydrogen-bond donors (Lipinski definition) is 1. The van der Waals surface area contributed by atoms with E-state index in [1.165, 1.54) is 7.11 Å². The maximum Gasteiger partial charge on any atom is 0.356 e. The molecule has 2 unspecified atom stereocenters. The van der Waals surface area contributed by atoms with Gasteiger partial charge >= 0.3 is 5.97 Å². The Morgan fingerprint density at radius 2 is 2.11 bits per heavy atom. The Labute approximate surface area is 107 Å². The zero-order chi connectivity index (χ0) is 13.1. The first-order chi connectivity index (χ1) is 8.60. The topological polar surface area (TPSA) is 54.5 Å². The van der Waals surface area contributed by atoms with E-state index in [1.54, 1.807) is 12.3 Å². The SMILES string of the molecule is COC(=O)c1cc(N2CC(C)NC(C)C2)ccn1. The van der Waals surface area contributed by atoms with Crippen LogP contribution in [0.4, 0.5) is 5.69 Å². The van der Waals surface area contributed by atoms with E-state index >= 15 is 0 Å². The van der Waals surface area contributed by atoms with E-state index in [9.17, 15) is 4.79 Å². The van der Waals surface area contributed by atoms with Crippen LogP contribution in [-0.4, -0.2) is 43.2 Å². The number of ether oxygens (including phenoxy) is 1. The van der Waals surface area contributed by atoms with Gasteiger partial charge in [-0.15, -0.1) is 0 Å². The number of rotatable bonds is 2. The van der Waals surface area contributed by atoms with Crippen molar-refractivity contribution in [3.63, 3.8) is 0 Å². The van der Waals surface area contributed by atoms with Gasteiger partial charge in [0.2, 0.25) is 0 Å². The first kappa shape index (κ1) is 12.8. The molecule has 2 heterocycles. The number of piperazine rings is 1. The molecule has 1 aliphatic heterocycles. The van der Waals surface area contributed by atoms with Gasteiger partial charge < -0.3 is 15.0 Å². The molecule has 2 atom stereocenters. The molecular formula is C13H19N3O2. The fourth-order valence-electron chi connectivity index (χ4n) is 2.37. The van der Waals surface area contributed by atoms with Crippen LogP contribution in [0.1, 0.15) is 24.3 Å². The quantitative estimate of drug-likeness (QED) is 0.794. The summed E-state index contributed by atoms with van der Waals surface area (Å²) in [5.74, 6) is -0.395. The van der Waals surface area contributed by atoms with Crippen molar-refractivity contribution in [1.82, 2.24) is 10.3 Å². The number of hydrogen-bond acceptors (Lipinski definition) is 5. The van der Waals surface area contributed by atoms with Crippen molar-refractivity contribution in [3.8, 4) is 0 Å². The van der Waals surface area contributed by atoms with Crippen LogP contribution < -0.4 is 10.2 Å². The number of nitrogens with one attached hydrogen (secondary N) is 1. The Morgan fingerprint density at radius 1 is 1.44 bits per heavy atom. The van der Waals surface area contributed by atoms with Gasteiger partial charge in [0.1, 0.15) is 5.69 Å². The molecule has 2 rings (SSSR count). The summed E-state index contributed by atoms with van der Waals surface area (Å²) in [6, 6.07) is 4.58. The van der Waals surface area contributed by atoms with Crippen LogP contribution >= 0.6 is 0 Å². The molecule has 1 saturated heterocycles. The van der Waals surface area contributed by atoms with E-state index in [-0.39, 0.29) is 0 Å². The highest BCUT2D eigenvalue weighted by molar-refractivity contribution is 5.88. The van der Waals surface area contributed by atoms with Gasteiger partial charge in [-0.05, 0) is 26.0 Å². The molecule has 0 radical (unpaired) electrons. The summed E-state index contributed by atoms with van der Waals surface area (Å²) in [4.78, 5) is 17.8.